The smallest absolute Gasteiger partial charge is 0.117 e. The fourth-order valence-corrected chi connectivity index (χ4v) is 1.36. The molecule has 14 heavy (non-hydrogen) atoms. The van der Waals surface area contributed by atoms with E-state index in [1.54, 1.807) is 0 Å². The third kappa shape index (κ3) is 5.18. The van der Waals surface area contributed by atoms with E-state index in [1.807, 2.05) is 13.8 Å². The third-order valence-electron chi connectivity index (χ3n) is 2.67. The van der Waals surface area contributed by atoms with Crippen molar-refractivity contribution in [3.05, 3.63) is 0 Å². The summed E-state index contributed by atoms with van der Waals surface area (Å²) in [5, 5.41) is 0. The van der Waals surface area contributed by atoms with Crippen molar-refractivity contribution >= 4 is 12.4 Å². The van der Waals surface area contributed by atoms with Crippen molar-refractivity contribution < 1.29 is 4.74 Å². The molecule has 2 aliphatic rings. The van der Waals surface area contributed by atoms with Crippen molar-refractivity contribution in [2.75, 3.05) is 0 Å². The summed E-state index contributed by atoms with van der Waals surface area (Å²) in [5.41, 5.74) is 5.53. The fourth-order valence-electron chi connectivity index (χ4n) is 1.36. The van der Waals surface area contributed by atoms with E-state index < -0.39 is 0 Å². The zero-order valence-electron chi connectivity index (χ0n) is 9.42. The van der Waals surface area contributed by atoms with Crippen molar-refractivity contribution in [1.29, 1.82) is 0 Å². The molecular weight excluding hydrogens is 198 g/mol. The average molecular weight is 222 g/mol. The van der Waals surface area contributed by atoms with Crippen LogP contribution in [0.5, 0.6) is 0 Å². The predicted octanol–water partition coefficient (Wildman–Crippen LogP) is 3.23. The van der Waals surface area contributed by atoms with Crippen LogP contribution in [0.1, 0.15) is 58.8 Å². The van der Waals surface area contributed by atoms with Gasteiger partial charge in [0.05, 0.1) is 6.10 Å². The molecule has 0 atom stereocenters. The van der Waals surface area contributed by atoms with Crippen LogP contribution in [0.25, 0.3) is 0 Å². The van der Waals surface area contributed by atoms with Gasteiger partial charge < -0.3 is 10.5 Å². The van der Waals surface area contributed by atoms with Crippen LogP contribution in [-0.2, 0) is 4.74 Å². The Morgan fingerprint density at radius 3 is 1.50 bits per heavy atom. The van der Waals surface area contributed by atoms with Crippen molar-refractivity contribution in [2.45, 2.75) is 70.6 Å². The lowest BCUT2D eigenvalue weighted by molar-refractivity contribution is -0.123. The van der Waals surface area contributed by atoms with Crippen LogP contribution in [0.15, 0.2) is 0 Å². The number of hydrogen-bond acceptors (Lipinski definition) is 2. The second kappa shape index (κ2) is 6.65. The maximum absolute atomic E-state index is 5.78. The number of hydrogen-bond donors (Lipinski definition) is 1. The minimum Gasteiger partial charge on any atom is -0.358 e. The highest BCUT2D eigenvalue weighted by Gasteiger charge is 2.34. The van der Waals surface area contributed by atoms with Gasteiger partial charge in [0.2, 0.25) is 0 Å². The largest absolute Gasteiger partial charge is 0.358 e. The van der Waals surface area contributed by atoms with Gasteiger partial charge in [-0.3, -0.25) is 0 Å². The summed E-state index contributed by atoms with van der Waals surface area (Å²) in [7, 11) is 0. The first-order chi connectivity index (χ1) is 6.12. The average Bonchev–Trinajstić information content (AvgIpc) is 1.78. The molecule has 86 valence electrons. The van der Waals surface area contributed by atoms with E-state index in [1.165, 1.54) is 32.1 Å². The van der Waals surface area contributed by atoms with Gasteiger partial charge in [-0.2, -0.15) is 0 Å². The second-order valence-corrected chi connectivity index (χ2v) is 4.50. The van der Waals surface area contributed by atoms with Gasteiger partial charge in [0, 0.05) is 0 Å². The van der Waals surface area contributed by atoms with Crippen molar-refractivity contribution in [2.24, 2.45) is 5.73 Å². The van der Waals surface area contributed by atoms with E-state index in [9.17, 15) is 0 Å². The lowest BCUT2D eigenvalue weighted by Crippen LogP contribution is -2.50. The Morgan fingerprint density at radius 2 is 1.43 bits per heavy atom. The monoisotopic (exact) mass is 221 g/mol. The Labute approximate surface area is 94.0 Å². The maximum Gasteiger partial charge on any atom is 0.117 e. The number of ether oxygens (including phenoxy) is 1. The minimum absolute atomic E-state index is 0. The molecule has 3 heteroatoms. The third-order valence-corrected chi connectivity index (χ3v) is 2.67. The van der Waals surface area contributed by atoms with E-state index in [2.05, 4.69) is 0 Å². The zero-order valence-corrected chi connectivity index (χ0v) is 10.2. The van der Waals surface area contributed by atoms with Gasteiger partial charge >= 0.3 is 0 Å². The molecule has 0 heterocycles. The molecule has 0 aromatic rings. The number of nitrogens with two attached hydrogens (primary N) is 1. The Balaban J connectivity index is 0.000000286. The molecule has 0 radical (unpaired) electrons. The molecule has 2 N–H and O–H groups in total. The molecule has 2 rings (SSSR count). The minimum atomic E-state index is -0.256. The molecule has 2 aliphatic carbocycles. The van der Waals surface area contributed by atoms with Crippen LogP contribution in [0.2, 0.25) is 0 Å². The molecule has 0 unspecified atom stereocenters. The normalized spacial score (nSPS) is 22.3. The van der Waals surface area contributed by atoms with Crippen LogP contribution in [0, 0.1) is 0 Å². The molecule has 0 aromatic carbocycles. The van der Waals surface area contributed by atoms with E-state index in [0.29, 0.717) is 0 Å². The van der Waals surface area contributed by atoms with Gasteiger partial charge in [-0.15, -0.1) is 12.4 Å². The SMILES string of the molecule is C1CCC1.CC(C)OC1(N)CCC1.Cl. The highest BCUT2D eigenvalue weighted by atomic mass is 35.5. The quantitative estimate of drug-likeness (QED) is 0.727. The first-order valence-electron chi connectivity index (χ1n) is 5.59. The Kier molecular flexibility index (Phi) is 6.75. The van der Waals surface area contributed by atoms with Crippen LogP contribution >= 0.6 is 12.4 Å². The Hall–Kier alpha value is 0.210. The predicted molar refractivity (Wildman–Crippen MR) is 62.7 cm³/mol. The summed E-state index contributed by atoms with van der Waals surface area (Å²) in [5.74, 6) is 0. The highest BCUT2D eigenvalue weighted by Crippen LogP contribution is 2.30. The van der Waals surface area contributed by atoms with Gasteiger partial charge in [-0.05, 0) is 33.1 Å². The molecule has 0 aromatic heterocycles. The van der Waals surface area contributed by atoms with Gasteiger partial charge in [-0.1, -0.05) is 25.7 Å². The highest BCUT2D eigenvalue weighted by molar-refractivity contribution is 5.85. The second-order valence-electron chi connectivity index (χ2n) is 4.50. The van der Waals surface area contributed by atoms with Gasteiger partial charge in [0.25, 0.3) is 0 Å². The molecule has 2 fully saturated rings. The molecule has 2 nitrogen and oxygen atoms in total. The molecule has 0 saturated heterocycles. The summed E-state index contributed by atoms with van der Waals surface area (Å²) >= 11 is 0. The van der Waals surface area contributed by atoms with Crippen LogP contribution in [-0.4, -0.2) is 11.8 Å². The summed E-state index contributed by atoms with van der Waals surface area (Å²) in [4.78, 5) is 0. The molecule has 0 bridgehead atoms. The van der Waals surface area contributed by atoms with Crippen molar-refractivity contribution in [3.8, 4) is 0 Å². The van der Waals surface area contributed by atoms with Crippen molar-refractivity contribution in [3.63, 3.8) is 0 Å². The Bertz CT molecular complexity index is 138. The lowest BCUT2D eigenvalue weighted by Gasteiger charge is -2.39. The van der Waals surface area contributed by atoms with Crippen LogP contribution in [0.3, 0.4) is 0 Å². The molecular formula is C11H24ClNO. The van der Waals surface area contributed by atoms with E-state index in [-0.39, 0.29) is 24.2 Å². The summed E-state index contributed by atoms with van der Waals surface area (Å²) in [6.45, 7) is 4.04. The zero-order chi connectivity index (χ0) is 9.73. The first kappa shape index (κ1) is 14.2. The topological polar surface area (TPSA) is 35.2 Å². The van der Waals surface area contributed by atoms with E-state index in [0.717, 1.165) is 12.8 Å². The van der Waals surface area contributed by atoms with Crippen LogP contribution in [0.4, 0.5) is 0 Å². The van der Waals surface area contributed by atoms with Crippen LogP contribution < -0.4 is 5.73 Å². The maximum atomic E-state index is 5.78. The summed E-state index contributed by atoms with van der Waals surface area (Å²) in [6, 6.07) is 0. The Morgan fingerprint density at radius 1 is 1.00 bits per heavy atom. The standard InChI is InChI=1S/C7H15NO.C4H8.ClH/c1-6(2)9-7(8)4-3-5-7;1-2-4-3-1;/h6H,3-5,8H2,1-2H3;1-4H2;1H. The molecule has 0 aliphatic heterocycles. The summed E-state index contributed by atoms with van der Waals surface area (Å²) in [6.07, 6.45) is 9.56. The molecule has 2 saturated carbocycles. The fraction of sp³-hybridized carbons (Fsp3) is 1.00. The number of halogens is 1. The van der Waals surface area contributed by atoms with E-state index >= 15 is 0 Å². The molecule has 0 spiro atoms. The summed E-state index contributed by atoms with van der Waals surface area (Å²) < 4.78 is 5.45. The van der Waals surface area contributed by atoms with E-state index in [4.69, 9.17) is 10.5 Å². The number of rotatable bonds is 2. The van der Waals surface area contributed by atoms with Gasteiger partial charge in [-0.25, -0.2) is 0 Å². The van der Waals surface area contributed by atoms with Gasteiger partial charge in [0.15, 0.2) is 0 Å². The van der Waals surface area contributed by atoms with Crippen molar-refractivity contribution in [1.82, 2.24) is 0 Å². The first-order valence-corrected chi connectivity index (χ1v) is 5.59. The van der Waals surface area contributed by atoms with Gasteiger partial charge in [0.1, 0.15) is 5.72 Å². The lowest BCUT2D eigenvalue weighted by atomic mass is 9.89. The molecule has 0 amide bonds.